The molecule has 0 aliphatic carbocycles. The fraction of sp³-hybridized carbons (Fsp3) is 0.348. The van der Waals surface area contributed by atoms with Crippen molar-refractivity contribution in [2.75, 3.05) is 13.2 Å². The summed E-state index contributed by atoms with van der Waals surface area (Å²) in [6.07, 6.45) is 1.47. The van der Waals surface area contributed by atoms with Crippen molar-refractivity contribution in [2.45, 2.75) is 38.8 Å². The van der Waals surface area contributed by atoms with Gasteiger partial charge in [-0.05, 0) is 31.5 Å². The van der Waals surface area contributed by atoms with Crippen LogP contribution < -0.4 is 4.74 Å². The molecule has 0 radical (unpaired) electrons. The van der Waals surface area contributed by atoms with Gasteiger partial charge in [-0.15, -0.1) is 0 Å². The zero-order valence-corrected chi connectivity index (χ0v) is 16.5. The molecule has 1 saturated heterocycles. The van der Waals surface area contributed by atoms with Gasteiger partial charge in [-0.25, -0.2) is 8.78 Å². The lowest BCUT2D eigenvalue weighted by Crippen LogP contribution is -2.33. The van der Waals surface area contributed by atoms with Crippen molar-refractivity contribution in [3.63, 3.8) is 0 Å². The third kappa shape index (κ3) is 5.56. The Labute approximate surface area is 169 Å². The lowest BCUT2D eigenvalue weighted by atomic mass is 10.1. The summed E-state index contributed by atoms with van der Waals surface area (Å²) in [5, 5.41) is 0. The molecule has 1 aliphatic heterocycles. The van der Waals surface area contributed by atoms with Gasteiger partial charge in [-0.2, -0.15) is 0 Å². The number of amides is 1. The molecule has 1 fully saturated rings. The Bertz CT molecular complexity index is 867. The van der Waals surface area contributed by atoms with E-state index in [-0.39, 0.29) is 24.1 Å². The minimum Gasteiger partial charge on any atom is -0.495 e. The molecular formula is C23H25F2NO3. The van der Waals surface area contributed by atoms with Crippen LogP contribution in [0.25, 0.3) is 0 Å². The van der Waals surface area contributed by atoms with Gasteiger partial charge >= 0.3 is 0 Å². The first-order valence-corrected chi connectivity index (χ1v) is 9.66. The van der Waals surface area contributed by atoms with Gasteiger partial charge in [0, 0.05) is 31.0 Å². The molecule has 1 heterocycles. The van der Waals surface area contributed by atoms with Crippen molar-refractivity contribution in [2.24, 2.45) is 0 Å². The van der Waals surface area contributed by atoms with Gasteiger partial charge in [0.05, 0.1) is 5.76 Å². The van der Waals surface area contributed by atoms with E-state index in [9.17, 15) is 13.6 Å². The van der Waals surface area contributed by atoms with E-state index < -0.39 is 11.6 Å². The lowest BCUT2D eigenvalue weighted by Gasteiger charge is -2.26. The minimum absolute atomic E-state index is 0.0386. The van der Waals surface area contributed by atoms with Crippen molar-refractivity contribution >= 4 is 5.91 Å². The van der Waals surface area contributed by atoms with Gasteiger partial charge in [-0.1, -0.05) is 36.4 Å². The zero-order chi connectivity index (χ0) is 20.8. The highest BCUT2D eigenvalue weighted by Gasteiger charge is 2.32. The average molecular weight is 401 g/mol. The molecule has 0 bridgehead atoms. The Morgan fingerprint density at radius 3 is 2.69 bits per heavy atom. The maximum Gasteiger partial charge on any atom is 0.223 e. The second kappa shape index (κ2) is 9.54. The molecule has 0 spiro atoms. The molecule has 29 heavy (non-hydrogen) atoms. The zero-order valence-electron chi connectivity index (χ0n) is 16.5. The lowest BCUT2D eigenvalue weighted by molar-refractivity contribution is -0.129. The van der Waals surface area contributed by atoms with Crippen molar-refractivity contribution in [3.05, 3.63) is 77.6 Å². The number of halogens is 2. The van der Waals surface area contributed by atoms with Crippen LogP contribution in [-0.2, 0) is 16.1 Å². The number of benzene rings is 2. The normalized spacial score (nSPS) is 16.2. The first kappa shape index (κ1) is 20.8. The number of carbonyl (C=O) groups is 1. The quantitative estimate of drug-likeness (QED) is 0.449. The maximum atomic E-state index is 14.0. The highest BCUT2D eigenvalue weighted by Crippen LogP contribution is 2.27. The predicted molar refractivity (Wildman–Crippen MR) is 106 cm³/mol. The summed E-state index contributed by atoms with van der Waals surface area (Å²) < 4.78 is 38.7. The topological polar surface area (TPSA) is 38.8 Å². The van der Waals surface area contributed by atoms with E-state index in [1.165, 1.54) is 12.1 Å². The van der Waals surface area contributed by atoms with Crippen LogP contribution in [0, 0.1) is 18.6 Å². The fourth-order valence-electron chi connectivity index (χ4n) is 3.38. The van der Waals surface area contributed by atoms with Crippen LogP contribution in [-0.4, -0.2) is 30.1 Å². The van der Waals surface area contributed by atoms with E-state index in [1.54, 1.807) is 4.90 Å². The van der Waals surface area contributed by atoms with Gasteiger partial charge < -0.3 is 14.4 Å². The van der Waals surface area contributed by atoms with Gasteiger partial charge in [0.2, 0.25) is 5.91 Å². The van der Waals surface area contributed by atoms with Crippen LogP contribution in [0.2, 0.25) is 0 Å². The molecule has 1 aliphatic rings. The van der Waals surface area contributed by atoms with Crippen LogP contribution in [0.1, 0.15) is 30.4 Å². The number of rotatable bonds is 9. The SMILES string of the molecule is C=C(CC1CCC(=O)N1Cc1cccc(F)c1F)OCCOc1ccc(C)cc1. The van der Waals surface area contributed by atoms with Gasteiger partial charge in [0.15, 0.2) is 11.6 Å². The molecule has 4 nitrogen and oxygen atoms in total. The first-order valence-electron chi connectivity index (χ1n) is 9.66. The van der Waals surface area contributed by atoms with Crippen LogP contribution in [0.5, 0.6) is 5.75 Å². The van der Waals surface area contributed by atoms with Crippen LogP contribution in [0.15, 0.2) is 54.8 Å². The third-order valence-corrected chi connectivity index (χ3v) is 4.97. The van der Waals surface area contributed by atoms with Gasteiger partial charge in [0.25, 0.3) is 0 Å². The van der Waals surface area contributed by atoms with Gasteiger partial charge in [-0.3, -0.25) is 4.79 Å². The Morgan fingerprint density at radius 2 is 1.93 bits per heavy atom. The molecule has 2 aromatic rings. The number of hydrogen-bond acceptors (Lipinski definition) is 3. The molecule has 2 aromatic carbocycles. The van der Waals surface area contributed by atoms with E-state index in [4.69, 9.17) is 9.47 Å². The molecule has 0 N–H and O–H groups in total. The van der Waals surface area contributed by atoms with E-state index in [2.05, 4.69) is 6.58 Å². The molecule has 6 heteroatoms. The molecule has 1 unspecified atom stereocenters. The highest BCUT2D eigenvalue weighted by molar-refractivity contribution is 5.78. The van der Waals surface area contributed by atoms with Crippen LogP contribution in [0.3, 0.4) is 0 Å². The number of ether oxygens (including phenoxy) is 2. The Kier molecular flexibility index (Phi) is 6.86. The monoisotopic (exact) mass is 401 g/mol. The summed E-state index contributed by atoms with van der Waals surface area (Å²) in [5.74, 6) is -0.577. The number of carbonyl (C=O) groups excluding carboxylic acids is 1. The summed E-state index contributed by atoms with van der Waals surface area (Å²) in [4.78, 5) is 13.8. The maximum absolute atomic E-state index is 14.0. The largest absolute Gasteiger partial charge is 0.495 e. The summed E-state index contributed by atoms with van der Waals surface area (Å²) in [6.45, 7) is 6.69. The first-order chi connectivity index (χ1) is 13.9. The molecule has 3 rings (SSSR count). The van der Waals surface area contributed by atoms with Gasteiger partial charge in [0.1, 0.15) is 19.0 Å². The smallest absolute Gasteiger partial charge is 0.223 e. The number of nitrogens with zero attached hydrogens (tertiary/aromatic N) is 1. The number of likely N-dealkylation sites (tertiary alicyclic amines) is 1. The Morgan fingerprint density at radius 1 is 1.17 bits per heavy atom. The predicted octanol–water partition coefficient (Wildman–Crippen LogP) is 4.76. The second-order valence-corrected chi connectivity index (χ2v) is 7.18. The molecule has 0 saturated carbocycles. The molecule has 154 valence electrons. The summed E-state index contributed by atoms with van der Waals surface area (Å²) in [7, 11) is 0. The molecule has 0 aromatic heterocycles. The van der Waals surface area contributed by atoms with E-state index in [0.29, 0.717) is 38.2 Å². The summed E-state index contributed by atoms with van der Waals surface area (Å²) in [6, 6.07) is 11.6. The minimum atomic E-state index is -0.910. The highest BCUT2D eigenvalue weighted by atomic mass is 19.2. The van der Waals surface area contributed by atoms with Crippen molar-refractivity contribution < 1.29 is 23.0 Å². The van der Waals surface area contributed by atoms with E-state index in [0.717, 1.165) is 17.4 Å². The Balaban J connectivity index is 1.47. The fourth-order valence-corrected chi connectivity index (χ4v) is 3.38. The average Bonchev–Trinajstić information content (AvgIpc) is 3.03. The standard InChI is InChI=1S/C23H25F2NO3/c1-16-6-9-20(10-7-16)29-13-12-28-17(2)14-19-8-11-22(27)26(19)15-18-4-3-5-21(24)23(18)25/h3-7,9-10,19H,2,8,11-15H2,1H3. The van der Waals surface area contributed by atoms with Crippen molar-refractivity contribution in [1.29, 1.82) is 0 Å². The van der Waals surface area contributed by atoms with Crippen molar-refractivity contribution in [3.8, 4) is 5.75 Å². The second-order valence-electron chi connectivity index (χ2n) is 7.18. The van der Waals surface area contributed by atoms with E-state index in [1.807, 2.05) is 31.2 Å². The third-order valence-electron chi connectivity index (χ3n) is 4.97. The summed E-state index contributed by atoms with van der Waals surface area (Å²) >= 11 is 0. The molecule has 1 atom stereocenters. The molecule has 1 amide bonds. The van der Waals surface area contributed by atoms with Crippen LogP contribution in [0.4, 0.5) is 8.78 Å². The Hall–Kier alpha value is -2.89. The van der Waals surface area contributed by atoms with E-state index >= 15 is 0 Å². The number of aryl methyl sites for hydroxylation is 1. The van der Waals surface area contributed by atoms with Crippen LogP contribution >= 0.6 is 0 Å². The summed E-state index contributed by atoms with van der Waals surface area (Å²) in [5.41, 5.74) is 1.33. The number of hydrogen-bond donors (Lipinski definition) is 0. The van der Waals surface area contributed by atoms with Crippen molar-refractivity contribution in [1.82, 2.24) is 4.90 Å². The molecular weight excluding hydrogens is 376 g/mol.